The molecule has 1 fully saturated rings. The van der Waals surface area contributed by atoms with Crippen LogP contribution in [0, 0.1) is 5.82 Å². The van der Waals surface area contributed by atoms with Crippen molar-refractivity contribution in [3.63, 3.8) is 0 Å². The Labute approximate surface area is 166 Å². The number of halogens is 1. The highest BCUT2D eigenvalue weighted by molar-refractivity contribution is 5.81. The molecule has 0 aromatic heterocycles. The molecule has 4 nitrogen and oxygen atoms in total. The van der Waals surface area contributed by atoms with Crippen molar-refractivity contribution >= 4 is 5.91 Å². The van der Waals surface area contributed by atoms with Crippen LogP contribution in [0.15, 0.2) is 48.5 Å². The van der Waals surface area contributed by atoms with Crippen LogP contribution in [0.2, 0.25) is 0 Å². The molecule has 0 spiro atoms. The zero-order valence-electron chi connectivity index (χ0n) is 16.5. The van der Waals surface area contributed by atoms with Crippen molar-refractivity contribution < 1.29 is 13.9 Å². The lowest BCUT2D eigenvalue weighted by Gasteiger charge is -2.27. The number of nitrogens with zero attached hydrogens (tertiary/aromatic N) is 1. The Bertz CT molecular complexity index is 775. The molecular formula is C23H29FN2O2. The summed E-state index contributed by atoms with van der Waals surface area (Å²) in [4.78, 5) is 15.1. The molecule has 2 aromatic carbocycles. The number of hydrogen-bond donors (Lipinski definition) is 1. The zero-order valence-corrected chi connectivity index (χ0v) is 16.5. The maximum absolute atomic E-state index is 13.8. The van der Waals surface area contributed by atoms with Crippen LogP contribution in [0.1, 0.15) is 43.7 Å². The summed E-state index contributed by atoms with van der Waals surface area (Å²) in [6.45, 7) is 5.48. The summed E-state index contributed by atoms with van der Waals surface area (Å²) in [7, 11) is 0. The molecule has 5 heteroatoms. The van der Waals surface area contributed by atoms with Gasteiger partial charge in [0.1, 0.15) is 0 Å². The van der Waals surface area contributed by atoms with Gasteiger partial charge in [-0.15, -0.1) is 0 Å². The molecule has 0 saturated carbocycles. The van der Waals surface area contributed by atoms with E-state index >= 15 is 0 Å². The zero-order chi connectivity index (χ0) is 19.8. The van der Waals surface area contributed by atoms with Gasteiger partial charge >= 0.3 is 0 Å². The quantitative estimate of drug-likeness (QED) is 0.738. The number of para-hydroxylation sites is 1. The van der Waals surface area contributed by atoms with E-state index in [2.05, 4.69) is 22.3 Å². The lowest BCUT2D eigenvalue weighted by atomic mass is 10.0. The predicted octanol–water partition coefficient (Wildman–Crippen LogP) is 4.29. The Balaban J connectivity index is 1.59. The minimum absolute atomic E-state index is 0.106. The van der Waals surface area contributed by atoms with Crippen LogP contribution in [0.4, 0.5) is 4.39 Å². The number of carbonyl (C=O) groups excluding carboxylic acids is 1. The number of hydrogen-bond acceptors (Lipinski definition) is 3. The summed E-state index contributed by atoms with van der Waals surface area (Å²) in [5.41, 5.74) is 2.36. The number of ether oxygens (including phenoxy) is 1. The number of likely N-dealkylation sites (tertiary alicyclic amines) is 1. The third-order valence-corrected chi connectivity index (χ3v) is 5.18. The largest absolute Gasteiger partial charge is 0.478 e. The molecule has 28 heavy (non-hydrogen) atoms. The number of nitrogens with one attached hydrogen (secondary N) is 1. The van der Waals surface area contributed by atoms with E-state index in [4.69, 9.17) is 4.74 Å². The second-order valence-electron chi connectivity index (χ2n) is 7.27. The topological polar surface area (TPSA) is 41.6 Å². The number of benzene rings is 2. The van der Waals surface area contributed by atoms with E-state index in [-0.39, 0.29) is 11.7 Å². The first-order valence-electron chi connectivity index (χ1n) is 10.2. The minimum atomic E-state index is -0.717. The summed E-state index contributed by atoms with van der Waals surface area (Å²) in [5.74, 6) is -0.575. The van der Waals surface area contributed by atoms with Crippen LogP contribution in [-0.2, 0) is 17.9 Å². The van der Waals surface area contributed by atoms with Crippen molar-refractivity contribution in [2.24, 2.45) is 0 Å². The van der Waals surface area contributed by atoms with Crippen molar-refractivity contribution in [1.29, 1.82) is 0 Å². The molecule has 0 bridgehead atoms. The molecule has 1 heterocycles. The highest BCUT2D eigenvalue weighted by atomic mass is 19.1. The summed E-state index contributed by atoms with van der Waals surface area (Å²) in [5, 5.41) is 2.96. The smallest absolute Gasteiger partial charge is 0.261 e. The van der Waals surface area contributed by atoms with Gasteiger partial charge in [-0.2, -0.15) is 0 Å². The minimum Gasteiger partial charge on any atom is -0.478 e. The van der Waals surface area contributed by atoms with Crippen LogP contribution >= 0.6 is 0 Å². The fraction of sp³-hybridized carbons (Fsp3) is 0.435. The summed E-state index contributed by atoms with van der Waals surface area (Å²) < 4.78 is 19.4. The van der Waals surface area contributed by atoms with Gasteiger partial charge in [-0.25, -0.2) is 4.39 Å². The van der Waals surface area contributed by atoms with Gasteiger partial charge in [-0.05, 0) is 55.6 Å². The first kappa shape index (κ1) is 20.3. The van der Waals surface area contributed by atoms with Crippen LogP contribution in [0.3, 0.4) is 0 Å². The number of piperidine rings is 1. The van der Waals surface area contributed by atoms with E-state index in [9.17, 15) is 9.18 Å². The third-order valence-electron chi connectivity index (χ3n) is 5.18. The third kappa shape index (κ3) is 5.55. The van der Waals surface area contributed by atoms with Crippen molar-refractivity contribution in [1.82, 2.24) is 10.2 Å². The lowest BCUT2D eigenvalue weighted by molar-refractivity contribution is -0.128. The van der Waals surface area contributed by atoms with E-state index in [1.807, 2.05) is 19.1 Å². The second-order valence-corrected chi connectivity index (χ2v) is 7.27. The van der Waals surface area contributed by atoms with E-state index in [0.29, 0.717) is 13.0 Å². The fourth-order valence-corrected chi connectivity index (χ4v) is 3.55. The molecule has 0 radical (unpaired) electrons. The Kier molecular flexibility index (Phi) is 7.43. The van der Waals surface area contributed by atoms with Gasteiger partial charge in [0.15, 0.2) is 17.7 Å². The summed E-state index contributed by atoms with van der Waals surface area (Å²) in [6.07, 6.45) is 3.57. The van der Waals surface area contributed by atoms with Crippen LogP contribution in [0.5, 0.6) is 5.75 Å². The molecule has 1 unspecified atom stereocenters. The first-order valence-corrected chi connectivity index (χ1v) is 10.2. The fourth-order valence-electron chi connectivity index (χ4n) is 3.55. The summed E-state index contributed by atoms with van der Waals surface area (Å²) >= 11 is 0. The van der Waals surface area contributed by atoms with Gasteiger partial charge in [0.05, 0.1) is 0 Å². The maximum Gasteiger partial charge on any atom is 0.261 e. The Hall–Kier alpha value is -2.40. The molecule has 1 aliphatic rings. The Morgan fingerprint density at radius 1 is 1.07 bits per heavy atom. The predicted molar refractivity (Wildman–Crippen MR) is 109 cm³/mol. The van der Waals surface area contributed by atoms with E-state index in [0.717, 1.165) is 25.2 Å². The highest BCUT2D eigenvalue weighted by Gasteiger charge is 2.20. The average Bonchev–Trinajstić information content (AvgIpc) is 2.73. The van der Waals surface area contributed by atoms with E-state index in [1.165, 1.54) is 30.9 Å². The maximum atomic E-state index is 13.8. The second kappa shape index (κ2) is 10.2. The SMILES string of the molecule is CCC(Oc1ccccc1F)C(=O)NCc1ccccc1CN1CCCCC1. The number of amides is 1. The first-order chi connectivity index (χ1) is 13.7. The molecular weight excluding hydrogens is 355 g/mol. The van der Waals surface area contributed by atoms with Crippen molar-refractivity contribution in [3.05, 3.63) is 65.5 Å². The van der Waals surface area contributed by atoms with E-state index < -0.39 is 11.9 Å². The molecule has 2 aromatic rings. The molecule has 1 amide bonds. The molecule has 1 atom stereocenters. The monoisotopic (exact) mass is 384 g/mol. The van der Waals surface area contributed by atoms with Crippen LogP contribution < -0.4 is 10.1 Å². The molecule has 0 aliphatic carbocycles. The number of rotatable bonds is 8. The van der Waals surface area contributed by atoms with Crippen LogP contribution in [0.25, 0.3) is 0 Å². The van der Waals surface area contributed by atoms with Crippen molar-refractivity contribution in [2.75, 3.05) is 13.1 Å². The lowest BCUT2D eigenvalue weighted by Crippen LogP contribution is -2.38. The molecule has 1 saturated heterocycles. The normalized spacial score (nSPS) is 15.8. The standard InChI is InChI=1S/C23H29FN2O2/c1-2-21(28-22-13-7-6-12-20(22)24)23(27)25-16-18-10-4-5-11-19(18)17-26-14-8-3-9-15-26/h4-7,10-13,21H,2-3,8-9,14-17H2,1H3,(H,25,27). The molecule has 150 valence electrons. The van der Waals surface area contributed by atoms with Crippen molar-refractivity contribution in [3.8, 4) is 5.75 Å². The van der Waals surface area contributed by atoms with Gasteiger partial charge in [0.2, 0.25) is 0 Å². The van der Waals surface area contributed by atoms with Gasteiger partial charge in [-0.1, -0.05) is 49.7 Å². The molecule has 1 N–H and O–H groups in total. The summed E-state index contributed by atoms with van der Waals surface area (Å²) in [6, 6.07) is 14.4. The average molecular weight is 384 g/mol. The molecule has 3 rings (SSSR count). The van der Waals surface area contributed by atoms with Crippen molar-refractivity contribution in [2.45, 2.75) is 51.8 Å². The molecule has 1 aliphatic heterocycles. The van der Waals surface area contributed by atoms with Gasteiger partial charge in [0, 0.05) is 13.1 Å². The highest BCUT2D eigenvalue weighted by Crippen LogP contribution is 2.19. The Morgan fingerprint density at radius 2 is 1.75 bits per heavy atom. The van der Waals surface area contributed by atoms with Gasteiger partial charge in [0.25, 0.3) is 5.91 Å². The number of carbonyl (C=O) groups is 1. The van der Waals surface area contributed by atoms with Gasteiger partial charge < -0.3 is 10.1 Å². The van der Waals surface area contributed by atoms with Gasteiger partial charge in [-0.3, -0.25) is 9.69 Å². The van der Waals surface area contributed by atoms with Crippen LogP contribution in [-0.4, -0.2) is 30.0 Å². The van der Waals surface area contributed by atoms with E-state index in [1.54, 1.807) is 18.2 Å². The Morgan fingerprint density at radius 3 is 2.46 bits per heavy atom.